The lowest BCUT2D eigenvalue weighted by atomic mass is 10.1. The predicted molar refractivity (Wildman–Crippen MR) is 56.5 cm³/mol. The zero-order chi connectivity index (χ0) is 10.1. The Kier molecular flexibility index (Phi) is 7.60. The molecule has 0 radical (unpaired) electrons. The van der Waals surface area contributed by atoms with Gasteiger partial charge < -0.3 is 5.73 Å². The molecule has 13 heavy (non-hydrogen) atoms. The highest BCUT2D eigenvalue weighted by Crippen LogP contribution is 2.03. The number of rotatable bonds is 7. The van der Waals surface area contributed by atoms with Crippen molar-refractivity contribution in [2.45, 2.75) is 39.5 Å². The van der Waals surface area contributed by atoms with Gasteiger partial charge in [-0.15, -0.1) is 0 Å². The highest BCUT2D eigenvalue weighted by Gasteiger charge is 1.96. The van der Waals surface area contributed by atoms with E-state index in [0.717, 1.165) is 19.3 Å². The monoisotopic (exact) mass is 183 g/mol. The molecule has 0 aliphatic carbocycles. The third-order valence-corrected chi connectivity index (χ3v) is 1.83. The Morgan fingerprint density at radius 1 is 1.38 bits per heavy atom. The van der Waals surface area contributed by atoms with Gasteiger partial charge in [0.05, 0.1) is 6.54 Å². The molecular weight excluding hydrogens is 162 g/mol. The van der Waals surface area contributed by atoms with Gasteiger partial charge in [0, 0.05) is 6.42 Å². The SMILES string of the molecule is CC(C)/C=C/CCCCC(=O)CN. The molecule has 0 spiro atoms. The van der Waals surface area contributed by atoms with Crippen molar-refractivity contribution in [1.82, 2.24) is 0 Å². The van der Waals surface area contributed by atoms with Crippen LogP contribution < -0.4 is 5.73 Å². The molecule has 0 aliphatic rings. The molecule has 0 unspecified atom stereocenters. The van der Waals surface area contributed by atoms with Crippen LogP contribution >= 0.6 is 0 Å². The van der Waals surface area contributed by atoms with E-state index in [1.54, 1.807) is 0 Å². The van der Waals surface area contributed by atoms with Gasteiger partial charge in [-0.2, -0.15) is 0 Å². The van der Waals surface area contributed by atoms with Gasteiger partial charge in [0.1, 0.15) is 5.78 Å². The Hall–Kier alpha value is -0.630. The van der Waals surface area contributed by atoms with Gasteiger partial charge in [-0.25, -0.2) is 0 Å². The summed E-state index contributed by atoms with van der Waals surface area (Å²) in [6, 6.07) is 0. The van der Waals surface area contributed by atoms with Gasteiger partial charge >= 0.3 is 0 Å². The van der Waals surface area contributed by atoms with E-state index in [9.17, 15) is 4.79 Å². The minimum atomic E-state index is 0.174. The molecule has 0 aliphatic heterocycles. The maximum atomic E-state index is 10.8. The number of ketones is 1. The van der Waals surface area contributed by atoms with Crippen molar-refractivity contribution < 1.29 is 4.79 Å². The summed E-state index contributed by atoms with van der Waals surface area (Å²) in [6.07, 6.45) is 8.18. The first-order valence-corrected chi connectivity index (χ1v) is 5.05. The van der Waals surface area contributed by atoms with E-state index in [0.29, 0.717) is 12.3 Å². The largest absolute Gasteiger partial charge is 0.324 e. The summed E-state index contributed by atoms with van der Waals surface area (Å²) in [5.41, 5.74) is 5.19. The molecule has 0 rings (SSSR count). The number of Topliss-reactive ketones (excluding diaryl/α,β-unsaturated/α-hetero) is 1. The van der Waals surface area contributed by atoms with E-state index in [-0.39, 0.29) is 12.3 Å². The fraction of sp³-hybridized carbons (Fsp3) is 0.727. The van der Waals surface area contributed by atoms with Crippen LogP contribution in [0.5, 0.6) is 0 Å². The average Bonchev–Trinajstić information content (AvgIpc) is 2.10. The molecule has 0 fully saturated rings. The highest BCUT2D eigenvalue weighted by atomic mass is 16.1. The Balaban J connectivity index is 3.22. The van der Waals surface area contributed by atoms with E-state index in [1.165, 1.54) is 0 Å². The predicted octanol–water partition coefficient (Wildman–Crippen LogP) is 2.29. The van der Waals surface area contributed by atoms with E-state index in [2.05, 4.69) is 26.0 Å². The summed E-state index contributed by atoms with van der Waals surface area (Å²) in [4.78, 5) is 10.8. The lowest BCUT2D eigenvalue weighted by Crippen LogP contribution is -2.12. The number of nitrogens with two attached hydrogens (primary N) is 1. The fourth-order valence-corrected chi connectivity index (χ4v) is 1.05. The maximum Gasteiger partial charge on any atom is 0.146 e. The van der Waals surface area contributed by atoms with Crippen molar-refractivity contribution >= 4 is 5.78 Å². The molecule has 0 aromatic rings. The van der Waals surface area contributed by atoms with Gasteiger partial charge in [0.25, 0.3) is 0 Å². The zero-order valence-corrected chi connectivity index (χ0v) is 8.75. The molecule has 0 saturated heterocycles. The third-order valence-electron chi connectivity index (χ3n) is 1.83. The molecule has 0 amide bonds. The first-order valence-electron chi connectivity index (χ1n) is 5.05. The summed E-state index contributed by atoms with van der Waals surface area (Å²) in [6.45, 7) is 4.52. The van der Waals surface area contributed by atoms with Crippen LogP contribution in [0.2, 0.25) is 0 Å². The van der Waals surface area contributed by atoms with E-state index in [4.69, 9.17) is 5.73 Å². The van der Waals surface area contributed by atoms with Crippen molar-refractivity contribution in [1.29, 1.82) is 0 Å². The summed E-state index contributed by atoms with van der Waals surface area (Å²) in [5, 5.41) is 0. The van der Waals surface area contributed by atoms with Crippen molar-refractivity contribution in [2.75, 3.05) is 6.54 Å². The minimum absolute atomic E-state index is 0.174. The number of hydrogen-bond acceptors (Lipinski definition) is 2. The van der Waals surface area contributed by atoms with Crippen LogP contribution in [0.1, 0.15) is 39.5 Å². The van der Waals surface area contributed by atoms with Crippen LogP contribution in [0.25, 0.3) is 0 Å². The lowest BCUT2D eigenvalue weighted by Gasteiger charge is -1.97. The molecule has 2 heteroatoms. The molecule has 0 aromatic carbocycles. The summed E-state index contributed by atoms with van der Waals surface area (Å²) in [7, 11) is 0. The smallest absolute Gasteiger partial charge is 0.146 e. The third kappa shape index (κ3) is 9.28. The summed E-state index contributed by atoms with van der Waals surface area (Å²) < 4.78 is 0. The molecule has 76 valence electrons. The first kappa shape index (κ1) is 12.4. The molecule has 2 N–H and O–H groups in total. The van der Waals surface area contributed by atoms with Gasteiger partial charge in [0.15, 0.2) is 0 Å². The van der Waals surface area contributed by atoms with E-state index >= 15 is 0 Å². The quantitative estimate of drug-likeness (QED) is 0.486. The van der Waals surface area contributed by atoms with Crippen molar-refractivity contribution in [3.63, 3.8) is 0 Å². The van der Waals surface area contributed by atoms with Crippen LogP contribution in [-0.2, 0) is 4.79 Å². The lowest BCUT2D eigenvalue weighted by molar-refractivity contribution is -0.117. The first-order chi connectivity index (χ1) is 6.16. The number of allylic oxidation sites excluding steroid dienone is 2. The number of carbonyl (C=O) groups is 1. The number of hydrogen-bond donors (Lipinski definition) is 1. The maximum absolute atomic E-state index is 10.8. The second kappa shape index (κ2) is 7.99. The van der Waals surface area contributed by atoms with Crippen molar-refractivity contribution in [3.8, 4) is 0 Å². The Bertz CT molecular complexity index is 161. The molecule has 0 bridgehead atoms. The van der Waals surface area contributed by atoms with Crippen LogP contribution in [0.4, 0.5) is 0 Å². The van der Waals surface area contributed by atoms with Gasteiger partial charge in [0.2, 0.25) is 0 Å². The Morgan fingerprint density at radius 3 is 2.62 bits per heavy atom. The van der Waals surface area contributed by atoms with Gasteiger partial charge in [-0.3, -0.25) is 4.79 Å². The second-order valence-corrected chi connectivity index (χ2v) is 3.66. The van der Waals surface area contributed by atoms with Gasteiger partial charge in [-0.05, 0) is 25.2 Å². The molecule has 2 nitrogen and oxygen atoms in total. The Labute approximate surface area is 81.2 Å². The summed E-state index contributed by atoms with van der Waals surface area (Å²) >= 11 is 0. The molecular formula is C11H21NO. The van der Waals surface area contributed by atoms with Crippen LogP contribution in [0.15, 0.2) is 12.2 Å². The normalized spacial score (nSPS) is 11.4. The minimum Gasteiger partial charge on any atom is -0.324 e. The zero-order valence-electron chi connectivity index (χ0n) is 8.75. The second-order valence-electron chi connectivity index (χ2n) is 3.66. The van der Waals surface area contributed by atoms with Crippen LogP contribution in [0.3, 0.4) is 0 Å². The number of unbranched alkanes of at least 4 members (excludes halogenated alkanes) is 2. The average molecular weight is 183 g/mol. The van der Waals surface area contributed by atoms with Crippen molar-refractivity contribution in [2.24, 2.45) is 11.7 Å². The topological polar surface area (TPSA) is 43.1 Å². The standard InChI is InChI=1S/C11H21NO/c1-10(2)7-5-3-4-6-8-11(13)9-12/h5,7,10H,3-4,6,8-9,12H2,1-2H3/b7-5+. The molecule has 0 atom stereocenters. The van der Waals surface area contributed by atoms with E-state index in [1.807, 2.05) is 0 Å². The fourth-order valence-electron chi connectivity index (χ4n) is 1.05. The van der Waals surface area contributed by atoms with Crippen molar-refractivity contribution in [3.05, 3.63) is 12.2 Å². The number of carbonyl (C=O) groups excluding carboxylic acids is 1. The van der Waals surface area contributed by atoms with Crippen LogP contribution in [-0.4, -0.2) is 12.3 Å². The highest BCUT2D eigenvalue weighted by molar-refractivity contribution is 5.80. The summed E-state index contributed by atoms with van der Waals surface area (Å²) in [5.74, 6) is 0.804. The van der Waals surface area contributed by atoms with Crippen LogP contribution in [0, 0.1) is 5.92 Å². The molecule has 0 saturated carbocycles. The molecule has 0 heterocycles. The Morgan fingerprint density at radius 2 is 2.08 bits per heavy atom. The van der Waals surface area contributed by atoms with Gasteiger partial charge in [-0.1, -0.05) is 26.0 Å². The van der Waals surface area contributed by atoms with E-state index < -0.39 is 0 Å². The molecule has 0 aromatic heterocycles.